The molecule has 19 heavy (non-hydrogen) atoms. The third-order valence-electron chi connectivity index (χ3n) is 3.35. The highest BCUT2D eigenvalue weighted by atomic mass is 32.1. The van der Waals surface area contributed by atoms with Crippen LogP contribution in [0.2, 0.25) is 0 Å². The molecule has 6 heteroatoms. The zero-order valence-corrected chi connectivity index (χ0v) is 11.4. The Bertz CT molecular complexity index is 535. The largest absolute Gasteiger partial charge is 0.392 e. The summed E-state index contributed by atoms with van der Waals surface area (Å²) < 4.78 is 0. The summed E-state index contributed by atoms with van der Waals surface area (Å²) in [5, 5.41) is 0. The zero-order chi connectivity index (χ0) is 13.8. The van der Waals surface area contributed by atoms with Crippen LogP contribution in [0.4, 0.5) is 0 Å². The van der Waals surface area contributed by atoms with E-state index in [-0.39, 0.29) is 29.7 Å². The van der Waals surface area contributed by atoms with E-state index in [0.29, 0.717) is 4.99 Å². The van der Waals surface area contributed by atoms with E-state index in [1.54, 1.807) is 17.0 Å². The Kier molecular flexibility index (Phi) is 4.31. The average molecular weight is 279 g/mol. The van der Waals surface area contributed by atoms with Gasteiger partial charge >= 0.3 is 0 Å². The maximum absolute atomic E-state index is 12.5. The molecular formula is C13H17N3O2S. The van der Waals surface area contributed by atoms with Crippen molar-refractivity contribution in [3.8, 4) is 0 Å². The van der Waals surface area contributed by atoms with E-state index in [0.717, 1.165) is 25.7 Å². The molecule has 0 bridgehead atoms. The quantitative estimate of drug-likeness (QED) is 0.807. The van der Waals surface area contributed by atoms with Crippen molar-refractivity contribution >= 4 is 23.1 Å². The van der Waals surface area contributed by atoms with E-state index >= 15 is 0 Å². The van der Waals surface area contributed by atoms with Gasteiger partial charge in [0.15, 0.2) is 0 Å². The molecule has 1 aromatic rings. The zero-order valence-electron chi connectivity index (χ0n) is 10.6. The van der Waals surface area contributed by atoms with Gasteiger partial charge in [-0.15, -0.1) is 0 Å². The third kappa shape index (κ3) is 3.41. The molecule has 2 rings (SSSR count). The first-order valence-corrected chi connectivity index (χ1v) is 6.77. The highest BCUT2D eigenvalue weighted by molar-refractivity contribution is 7.80. The lowest BCUT2D eigenvalue weighted by molar-refractivity contribution is 0.0708. The minimum absolute atomic E-state index is 0.165. The van der Waals surface area contributed by atoms with Gasteiger partial charge in [0, 0.05) is 12.1 Å². The van der Waals surface area contributed by atoms with Crippen LogP contribution >= 0.6 is 12.2 Å². The lowest BCUT2D eigenvalue weighted by atomic mass is 10.2. The lowest BCUT2D eigenvalue weighted by Gasteiger charge is -2.28. The van der Waals surface area contributed by atoms with Gasteiger partial charge in [0.2, 0.25) is 5.56 Å². The van der Waals surface area contributed by atoms with Crippen LogP contribution in [0.1, 0.15) is 36.2 Å². The van der Waals surface area contributed by atoms with Crippen LogP contribution in [0.25, 0.3) is 0 Å². The normalized spacial score (nSPS) is 15.4. The Morgan fingerprint density at radius 2 is 2.11 bits per heavy atom. The predicted molar refractivity (Wildman–Crippen MR) is 77.1 cm³/mol. The fraction of sp³-hybridized carbons (Fsp3) is 0.462. The first kappa shape index (κ1) is 13.7. The fourth-order valence-electron chi connectivity index (χ4n) is 2.48. The van der Waals surface area contributed by atoms with Gasteiger partial charge in [0.05, 0.1) is 11.5 Å². The van der Waals surface area contributed by atoms with Crippen LogP contribution < -0.4 is 11.3 Å². The molecule has 0 aliphatic heterocycles. The fourth-order valence-corrected chi connectivity index (χ4v) is 2.62. The summed E-state index contributed by atoms with van der Waals surface area (Å²) in [6.45, 7) is 0.260. The van der Waals surface area contributed by atoms with Crippen molar-refractivity contribution in [3.05, 3.63) is 34.2 Å². The van der Waals surface area contributed by atoms with E-state index in [9.17, 15) is 9.59 Å². The van der Waals surface area contributed by atoms with Gasteiger partial charge in [-0.25, -0.2) is 0 Å². The van der Waals surface area contributed by atoms with Crippen LogP contribution in [-0.4, -0.2) is 33.4 Å². The maximum atomic E-state index is 12.5. The van der Waals surface area contributed by atoms with E-state index in [1.807, 2.05) is 0 Å². The molecule has 0 unspecified atom stereocenters. The van der Waals surface area contributed by atoms with E-state index in [2.05, 4.69) is 4.98 Å². The third-order valence-corrected chi connectivity index (χ3v) is 3.48. The average Bonchev–Trinajstić information content (AvgIpc) is 2.88. The van der Waals surface area contributed by atoms with Crippen molar-refractivity contribution in [2.75, 3.05) is 6.54 Å². The summed E-state index contributed by atoms with van der Waals surface area (Å²) in [6.07, 6.45) is 4.14. The molecule has 1 amide bonds. The number of nitrogens with zero attached hydrogens (tertiary/aromatic N) is 1. The number of pyridine rings is 1. The van der Waals surface area contributed by atoms with Crippen LogP contribution in [-0.2, 0) is 0 Å². The second-order valence-corrected chi connectivity index (χ2v) is 5.29. The van der Waals surface area contributed by atoms with Crippen LogP contribution in [0.3, 0.4) is 0 Å². The Morgan fingerprint density at radius 1 is 1.42 bits per heavy atom. The van der Waals surface area contributed by atoms with Gasteiger partial charge in [-0.2, -0.15) is 0 Å². The molecule has 1 aliphatic rings. The number of nitrogens with two attached hydrogens (primary N) is 1. The Hall–Kier alpha value is -1.69. The van der Waals surface area contributed by atoms with Crippen molar-refractivity contribution in [2.24, 2.45) is 5.73 Å². The van der Waals surface area contributed by atoms with Gasteiger partial charge in [0.25, 0.3) is 5.91 Å². The highest BCUT2D eigenvalue weighted by Crippen LogP contribution is 2.24. The van der Waals surface area contributed by atoms with Gasteiger partial charge in [-0.3, -0.25) is 9.59 Å². The molecule has 1 saturated carbocycles. The van der Waals surface area contributed by atoms with Gasteiger partial charge in [-0.1, -0.05) is 31.1 Å². The molecule has 1 fully saturated rings. The summed E-state index contributed by atoms with van der Waals surface area (Å²) >= 11 is 4.91. The van der Waals surface area contributed by atoms with Crippen LogP contribution in [0, 0.1) is 0 Å². The number of amides is 1. The number of aromatic nitrogens is 1. The van der Waals surface area contributed by atoms with Crippen LogP contribution in [0.5, 0.6) is 0 Å². The summed E-state index contributed by atoms with van der Waals surface area (Å²) in [5.41, 5.74) is 5.58. The molecule has 0 aromatic carbocycles. The number of carbonyl (C=O) groups excluding carboxylic acids is 1. The van der Waals surface area contributed by atoms with Crippen molar-refractivity contribution in [3.63, 3.8) is 0 Å². The summed E-state index contributed by atoms with van der Waals surface area (Å²) in [5.74, 6) is -0.211. The second kappa shape index (κ2) is 5.97. The highest BCUT2D eigenvalue weighted by Gasteiger charge is 2.28. The summed E-state index contributed by atoms with van der Waals surface area (Å²) in [4.78, 5) is 28.3. The van der Waals surface area contributed by atoms with Crippen molar-refractivity contribution in [1.82, 2.24) is 9.88 Å². The maximum Gasteiger partial charge on any atom is 0.270 e. The van der Waals surface area contributed by atoms with Crippen LogP contribution in [0.15, 0.2) is 23.0 Å². The minimum atomic E-state index is -0.285. The molecule has 1 heterocycles. The SMILES string of the molecule is NC(=S)CN(C(=O)c1cccc(=O)[nH]1)C1CCCC1. The monoisotopic (exact) mass is 279 g/mol. The topological polar surface area (TPSA) is 79.2 Å². The molecule has 0 saturated heterocycles. The van der Waals surface area contributed by atoms with Crippen molar-refractivity contribution in [2.45, 2.75) is 31.7 Å². The molecule has 5 nitrogen and oxygen atoms in total. The lowest BCUT2D eigenvalue weighted by Crippen LogP contribution is -2.44. The molecule has 0 radical (unpaired) electrons. The summed E-state index contributed by atoms with van der Waals surface area (Å²) in [7, 11) is 0. The molecule has 1 aliphatic carbocycles. The number of thiocarbonyl (C=S) groups is 1. The smallest absolute Gasteiger partial charge is 0.270 e. The van der Waals surface area contributed by atoms with E-state index < -0.39 is 0 Å². The number of hydrogen-bond donors (Lipinski definition) is 2. The number of rotatable bonds is 4. The van der Waals surface area contributed by atoms with Gasteiger partial charge in [-0.05, 0) is 18.9 Å². The number of H-pyrrole nitrogens is 1. The summed E-state index contributed by atoms with van der Waals surface area (Å²) in [6, 6.07) is 4.72. The van der Waals surface area contributed by atoms with Crippen molar-refractivity contribution in [1.29, 1.82) is 0 Å². The van der Waals surface area contributed by atoms with Gasteiger partial charge in [0.1, 0.15) is 5.69 Å². The number of carbonyl (C=O) groups is 1. The number of aromatic amines is 1. The number of nitrogens with one attached hydrogen (secondary N) is 1. The van der Waals surface area contributed by atoms with E-state index in [4.69, 9.17) is 18.0 Å². The predicted octanol–water partition coefficient (Wildman–Crippen LogP) is 1.05. The Labute approximate surface area is 116 Å². The standard InChI is InChI=1S/C13H17N3O2S/c14-11(19)8-16(9-4-1-2-5-9)13(18)10-6-3-7-12(17)15-10/h3,6-7,9H,1-2,4-5,8H2,(H2,14,19)(H,15,17). The van der Waals surface area contributed by atoms with Crippen molar-refractivity contribution < 1.29 is 4.79 Å². The molecule has 0 spiro atoms. The first-order valence-electron chi connectivity index (χ1n) is 6.36. The van der Waals surface area contributed by atoms with Gasteiger partial charge < -0.3 is 15.6 Å². The molecule has 1 aromatic heterocycles. The molecule has 0 atom stereocenters. The Morgan fingerprint density at radius 3 is 2.68 bits per heavy atom. The molecular weight excluding hydrogens is 262 g/mol. The Balaban J connectivity index is 2.24. The van der Waals surface area contributed by atoms with E-state index in [1.165, 1.54) is 6.07 Å². The number of hydrogen-bond acceptors (Lipinski definition) is 3. The molecule has 102 valence electrons. The molecule has 3 N–H and O–H groups in total. The second-order valence-electron chi connectivity index (χ2n) is 4.77. The minimum Gasteiger partial charge on any atom is -0.392 e. The first-order chi connectivity index (χ1) is 9.08.